The molecule has 3 saturated heterocycles. The molecular formula is C21H30N4O6S. The Labute approximate surface area is 188 Å². The zero-order valence-electron chi connectivity index (χ0n) is 18.7. The summed E-state index contributed by atoms with van der Waals surface area (Å²) in [7, 11) is -1.60. The number of carbonyl (C=O) groups excluding carboxylic acids is 2. The van der Waals surface area contributed by atoms with Gasteiger partial charge in [-0.25, -0.2) is 12.7 Å². The van der Waals surface area contributed by atoms with Crippen LogP contribution in [0.25, 0.3) is 0 Å². The normalized spacial score (nSPS) is 25.2. The Morgan fingerprint density at radius 1 is 1.16 bits per heavy atom. The average molecular weight is 467 g/mol. The zero-order chi connectivity index (χ0) is 23.7. The standard InChI is InChI=1S/C20H28N4O4S.CH2O2/c1-15-4-5-16(12-21-15)17(25)23-10-6-19(7-11-23)13-24(29(3,27)28)14-20(19)8-9-22(2)18(20)26;2-1-3/h4-5,12H,6-11,13-14H2,1-3H3;1H,(H,2,3). The number of sulfonamides is 1. The van der Waals surface area contributed by atoms with Gasteiger partial charge in [-0.15, -0.1) is 0 Å². The summed E-state index contributed by atoms with van der Waals surface area (Å²) in [6.07, 6.45) is 4.74. The first kappa shape index (κ1) is 24.1. The van der Waals surface area contributed by atoms with Crippen molar-refractivity contribution in [2.45, 2.75) is 26.2 Å². The van der Waals surface area contributed by atoms with Crippen LogP contribution in [0.5, 0.6) is 0 Å². The van der Waals surface area contributed by atoms with Gasteiger partial charge in [-0.1, -0.05) is 0 Å². The molecule has 0 saturated carbocycles. The van der Waals surface area contributed by atoms with Gasteiger partial charge in [-0.3, -0.25) is 19.4 Å². The third-order valence-corrected chi connectivity index (χ3v) is 8.40. The zero-order valence-corrected chi connectivity index (χ0v) is 19.5. The molecule has 4 rings (SSSR count). The van der Waals surface area contributed by atoms with Crippen LogP contribution in [-0.2, 0) is 19.6 Å². The first-order valence-corrected chi connectivity index (χ1v) is 12.3. The number of likely N-dealkylation sites (tertiary alicyclic amines) is 2. The molecule has 0 aliphatic carbocycles. The third kappa shape index (κ3) is 4.11. The number of hydrogen-bond donors (Lipinski definition) is 1. The molecule has 10 nitrogen and oxygen atoms in total. The van der Waals surface area contributed by atoms with Crippen LogP contribution < -0.4 is 0 Å². The van der Waals surface area contributed by atoms with Crippen molar-refractivity contribution in [2.24, 2.45) is 10.8 Å². The summed E-state index contributed by atoms with van der Waals surface area (Å²) in [4.78, 5) is 42.1. The van der Waals surface area contributed by atoms with E-state index in [4.69, 9.17) is 9.90 Å². The smallest absolute Gasteiger partial charge is 0.290 e. The lowest BCUT2D eigenvalue weighted by atomic mass is 9.60. The molecule has 4 heterocycles. The highest BCUT2D eigenvalue weighted by atomic mass is 32.2. The fourth-order valence-electron chi connectivity index (χ4n) is 5.37. The first-order valence-electron chi connectivity index (χ1n) is 10.5. The lowest BCUT2D eigenvalue weighted by Crippen LogP contribution is -2.53. The molecule has 3 fully saturated rings. The Balaban J connectivity index is 0.000000913. The minimum atomic E-state index is -3.39. The minimum absolute atomic E-state index is 0.0474. The number of piperidine rings is 1. The van der Waals surface area contributed by atoms with Crippen LogP contribution in [0, 0.1) is 17.8 Å². The fourth-order valence-corrected chi connectivity index (χ4v) is 6.31. The molecular weight excluding hydrogens is 436 g/mol. The molecule has 0 aromatic carbocycles. The number of fused-ring (bicyclic) bond motifs is 1. The number of carboxylic acid groups (broad SMARTS) is 1. The highest BCUT2D eigenvalue weighted by Gasteiger charge is 2.66. The van der Waals surface area contributed by atoms with Crippen molar-refractivity contribution in [1.82, 2.24) is 19.1 Å². The van der Waals surface area contributed by atoms with E-state index in [1.165, 1.54) is 10.6 Å². The third-order valence-electron chi connectivity index (χ3n) is 7.21. The van der Waals surface area contributed by atoms with Gasteiger partial charge < -0.3 is 14.9 Å². The molecule has 2 amide bonds. The van der Waals surface area contributed by atoms with Crippen LogP contribution in [-0.4, -0.2) is 96.9 Å². The van der Waals surface area contributed by atoms with E-state index < -0.39 is 20.9 Å². The lowest BCUT2D eigenvalue weighted by Gasteiger charge is -2.46. The molecule has 3 aliphatic heterocycles. The van der Waals surface area contributed by atoms with E-state index in [2.05, 4.69) is 4.98 Å². The first-order chi connectivity index (χ1) is 15.0. The molecule has 0 bridgehead atoms. The number of amides is 2. The van der Waals surface area contributed by atoms with Gasteiger partial charge in [0.15, 0.2) is 0 Å². The monoisotopic (exact) mass is 466 g/mol. The molecule has 0 radical (unpaired) electrons. The maximum Gasteiger partial charge on any atom is 0.290 e. The van der Waals surface area contributed by atoms with Crippen molar-refractivity contribution in [3.05, 3.63) is 29.6 Å². The SMILES string of the molecule is Cc1ccc(C(=O)N2CCC3(CC2)CN(S(C)(=O)=O)CC32CCN(C)C2=O)cn1.O=CO. The van der Waals surface area contributed by atoms with Gasteiger partial charge >= 0.3 is 0 Å². The number of rotatable bonds is 2. The predicted octanol–water partition coefficient (Wildman–Crippen LogP) is 0.437. The average Bonchev–Trinajstić information content (AvgIpc) is 3.22. The molecule has 3 aliphatic rings. The maximum absolute atomic E-state index is 13.2. The number of pyridine rings is 1. The van der Waals surface area contributed by atoms with Gasteiger partial charge in [0.2, 0.25) is 15.9 Å². The van der Waals surface area contributed by atoms with Gasteiger partial charge in [-0.2, -0.15) is 0 Å². The van der Waals surface area contributed by atoms with Crippen molar-refractivity contribution in [3.63, 3.8) is 0 Å². The van der Waals surface area contributed by atoms with E-state index in [1.807, 2.05) is 13.0 Å². The van der Waals surface area contributed by atoms with Gasteiger partial charge in [-0.05, 0) is 38.3 Å². The molecule has 176 valence electrons. The van der Waals surface area contributed by atoms with Crippen molar-refractivity contribution in [2.75, 3.05) is 46.0 Å². The van der Waals surface area contributed by atoms with Gasteiger partial charge in [0.25, 0.3) is 12.4 Å². The van der Waals surface area contributed by atoms with E-state index in [-0.39, 0.29) is 24.8 Å². The Kier molecular flexibility index (Phi) is 6.62. The predicted molar refractivity (Wildman–Crippen MR) is 116 cm³/mol. The van der Waals surface area contributed by atoms with E-state index >= 15 is 0 Å². The molecule has 1 atom stereocenters. The summed E-state index contributed by atoms with van der Waals surface area (Å²) in [5.41, 5.74) is 0.324. The molecule has 1 aromatic heterocycles. The summed E-state index contributed by atoms with van der Waals surface area (Å²) in [6.45, 7) is 3.92. The molecule has 1 N–H and O–H groups in total. The summed E-state index contributed by atoms with van der Waals surface area (Å²) >= 11 is 0. The number of carbonyl (C=O) groups is 3. The molecule has 1 unspecified atom stereocenters. The van der Waals surface area contributed by atoms with Crippen molar-refractivity contribution < 1.29 is 27.9 Å². The lowest BCUT2D eigenvalue weighted by molar-refractivity contribution is -0.141. The molecule has 32 heavy (non-hydrogen) atoms. The number of aryl methyl sites for hydroxylation is 1. The number of aromatic nitrogens is 1. The van der Waals surface area contributed by atoms with Crippen LogP contribution in [0.4, 0.5) is 0 Å². The number of nitrogens with zero attached hydrogens (tertiary/aromatic N) is 4. The summed E-state index contributed by atoms with van der Waals surface area (Å²) in [6, 6.07) is 3.61. The van der Waals surface area contributed by atoms with E-state index in [9.17, 15) is 18.0 Å². The quantitative estimate of drug-likeness (QED) is 0.626. The topological polar surface area (TPSA) is 128 Å². The Bertz CT molecular complexity index is 988. The van der Waals surface area contributed by atoms with Crippen LogP contribution in [0.2, 0.25) is 0 Å². The second-order valence-corrected chi connectivity index (χ2v) is 10.9. The van der Waals surface area contributed by atoms with Crippen LogP contribution in [0.3, 0.4) is 0 Å². The summed E-state index contributed by atoms with van der Waals surface area (Å²) in [5.74, 6) is -0.0135. The van der Waals surface area contributed by atoms with Crippen molar-refractivity contribution in [1.29, 1.82) is 0 Å². The van der Waals surface area contributed by atoms with Crippen molar-refractivity contribution in [3.8, 4) is 0 Å². The number of hydrogen-bond acceptors (Lipinski definition) is 6. The van der Waals surface area contributed by atoms with E-state index in [1.54, 1.807) is 29.1 Å². The summed E-state index contributed by atoms with van der Waals surface area (Å²) < 4.78 is 26.1. The van der Waals surface area contributed by atoms with Crippen LogP contribution in [0.1, 0.15) is 35.3 Å². The highest BCUT2D eigenvalue weighted by molar-refractivity contribution is 7.88. The Morgan fingerprint density at radius 2 is 1.78 bits per heavy atom. The maximum atomic E-state index is 13.2. The molecule has 1 aromatic rings. The largest absolute Gasteiger partial charge is 0.483 e. The van der Waals surface area contributed by atoms with Gasteiger partial charge in [0.05, 0.1) is 17.2 Å². The highest BCUT2D eigenvalue weighted by Crippen LogP contribution is 2.58. The van der Waals surface area contributed by atoms with E-state index in [0.717, 1.165) is 5.69 Å². The molecule has 11 heteroatoms. The second kappa shape index (κ2) is 8.78. The van der Waals surface area contributed by atoms with Gasteiger partial charge in [0.1, 0.15) is 0 Å². The van der Waals surface area contributed by atoms with Gasteiger partial charge in [0, 0.05) is 57.1 Å². The Hall–Kier alpha value is -2.53. The second-order valence-electron chi connectivity index (χ2n) is 8.96. The Morgan fingerprint density at radius 3 is 2.25 bits per heavy atom. The van der Waals surface area contributed by atoms with Crippen LogP contribution >= 0.6 is 0 Å². The van der Waals surface area contributed by atoms with E-state index in [0.29, 0.717) is 51.0 Å². The van der Waals surface area contributed by atoms with Crippen molar-refractivity contribution >= 4 is 28.3 Å². The minimum Gasteiger partial charge on any atom is -0.483 e. The van der Waals surface area contributed by atoms with Crippen LogP contribution in [0.15, 0.2) is 18.3 Å². The molecule has 2 spiro atoms. The summed E-state index contributed by atoms with van der Waals surface area (Å²) in [5, 5.41) is 6.89. The fraction of sp³-hybridized carbons (Fsp3) is 0.619.